The van der Waals surface area contributed by atoms with Gasteiger partial charge in [0.1, 0.15) is 5.75 Å². The Morgan fingerprint density at radius 2 is 2.17 bits per heavy atom. The quantitative estimate of drug-likeness (QED) is 0.813. The van der Waals surface area contributed by atoms with Crippen molar-refractivity contribution in [2.75, 3.05) is 13.2 Å². The number of hydrogen-bond donors (Lipinski definition) is 1. The number of halogens is 1. The predicted octanol–water partition coefficient (Wildman–Crippen LogP) is 4.25. The van der Waals surface area contributed by atoms with Crippen LogP contribution in [0.3, 0.4) is 0 Å². The van der Waals surface area contributed by atoms with E-state index in [1.54, 1.807) is 0 Å². The lowest BCUT2D eigenvalue weighted by atomic mass is 10.2. The van der Waals surface area contributed by atoms with Crippen LogP contribution in [0, 0.1) is 0 Å². The van der Waals surface area contributed by atoms with E-state index in [0.29, 0.717) is 6.04 Å². The first-order valence-electron chi connectivity index (χ1n) is 6.45. The van der Waals surface area contributed by atoms with Crippen LogP contribution < -0.4 is 10.1 Å². The summed E-state index contributed by atoms with van der Waals surface area (Å²) in [6, 6.07) is 6.61. The fourth-order valence-corrected chi connectivity index (χ4v) is 1.86. The average molecular weight is 312 g/mol. The van der Waals surface area contributed by atoms with Crippen molar-refractivity contribution in [2.24, 2.45) is 0 Å². The minimum atomic E-state index is 0.507. The van der Waals surface area contributed by atoms with Crippen molar-refractivity contribution in [3.8, 4) is 5.75 Å². The standard InChI is InChI=1S/C15H22BrNO/c1-4-10-18-15-8-7-14(16)11-13(15)6-5-9-17-12(2)3/h5-8,11-12,17H,4,9-10H2,1-3H3. The SMILES string of the molecule is CCCOc1ccc(Br)cc1C=CCNC(C)C. The molecule has 0 heterocycles. The van der Waals surface area contributed by atoms with Crippen LogP contribution in [0.4, 0.5) is 0 Å². The minimum absolute atomic E-state index is 0.507. The van der Waals surface area contributed by atoms with Crippen molar-refractivity contribution < 1.29 is 4.74 Å². The molecule has 0 saturated carbocycles. The van der Waals surface area contributed by atoms with E-state index in [1.807, 2.05) is 12.1 Å². The maximum Gasteiger partial charge on any atom is 0.126 e. The zero-order valence-corrected chi connectivity index (χ0v) is 13.0. The third kappa shape index (κ3) is 5.69. The molecule has 1 aromatic rings. The molecule has 0 aliphatic heterocycles. The second-order valence-corrected chi connectivity index (χ2v) is 5.41. The van der Waals surface area contributed by atoms with E-state index in [1.165, 1.54) is 0 Å². The minimum Gasteiger partial charge on any atom is -0.493 e. The van der Waals surface area contributed by atoms with Gasteiger partial charge in [0.05, 0.1) is 6.61 Å². The Kier molecular flexibility index (Phi) is 7.06. The lowest BCUT2D eigenvalue weighted by molar-refractivity contribution is 0.317. The molecule has 0 spiro atoms. The number of ether oxygens (including phenoxy) is 1. The third-order valence-corrected chi connectivity index (χ3v) is 2.87. The molecule has 0 aromatic heterocycles. The molecule has 0 fully saturated rings. The summed E-state index contributed by atoms with van der Waals surface area (Å²) in [5, 5.41) is 3.35. The van der Waals surface area contributed by atoms with E-state index in [2.05, 4.69) is 60.2 Å². The van der Waals surface area contributed by atoms with Gasteiger partial charge in [-0.05, 0) is 24.6 Å². The normalized spacial score (nSPS) is 11.4. The highest BCUT2D eigenvalue weighted by Gasteiger charge is 2.01. The molecule has 0 aliphatic rings. The first kappa shape index (κ1) is 15.3. The Morgan fingerprint density at radius 3 is 2.83 bits per heavy atom. The van der Waals surface area contributed by atoms with Gasteiger partial charge in [-0.25, -0.2) is 0 Å². The van der Waals surface area contributed by atoms with E-state index >= 15 is 0 Å². The Morgan fingerprint density at radius 1 is 1.39 bits per heavy atom. The zero-order valence-electron chi connectivity index (χ0n) is 11.4. The summed E-state index contributed by atoms with van der Waals surface area (Å²) in [4.78, 5) is 0. The molecule has 1 aromatic carbocycles. The van der Waals surface area contributed by atoms with Gasteiger partial charge in [-0.1, -0.05) is 48.9 Å². The summed E-state index contributed by atoms with van der Waals surface area (Å²) in [6.07, 6.45) is 5.25. The van der Waals surface area contributed by atoms with Gasteiger partial charge in [0.15, 0.2) is 0 Å². The molecule has 1 N–H and O–H groups in total. The molecule has 100 valence electrons. The first-order chi connectivity index (χ1) is 8.63. The van der Waals surface area contributed by atoms with Gasteiger partial charge >= 0.3 is 0 Å². The fraction of sp³-hybridized carbons (Fsp3) is 0.467. The van der Waals surface area contributed by atoms with E-state index in [4.69, 9.17) is 4.74 Å². The smallest absolute Gasteiger partial charge is 0.126 e. The molecule has 1 rings (SSSR count). The molecule has 3 heteroatoms. The number of benzene rings is 1. The molecular weight excluding hydrogens is 290 g/mol. The molecule has 0 atom stereocenters. The van der Waals surface area contributed by atoms with Crippen molar-refractivity contribution in [2.45, 2.75) is 33.2 Å². The third-order valence-electron chi connectivity index (χ3n) is 2.37. The molecule has 0 aliphatic carbocycles. The zero-order chi connectivity index (χ0) is 13.4. The van der Waals surface area contributed by atoms with Crippen molar-refractivity contribution in [1.82, 2.24) is 5.32 Å². The van der Waals surface area contributed by atoms with Crippen molar-refractivity contribution in [1.29, 1.82) is 0 Å². The molecule has 2 nitrogen and oxygen atoms in total. The largest absolute Gasteiger partial charge is 0.493 e. The summed E-state index contributed by atoms with van der Waals surface area (Å²) in [5.41, 5.74) is 1.11. The highest BCUT2D eigenvalue weighted by Crippen LogP contribution is 2.24. The van der Waals surface area contributed by atoms with E-state index in [9.17, 15) is 0 Å². The Balaban J connectivity index is 2.69. The maximum atomic E-state index is 5.73. The fourth-order valence-electron chi connectivity index (χ4n) is 1.48. The Labute approximate surface area is 119 Å². The molecule has 0 unspecified atom stereocenters. The molecule has 0 saturated heterocycles. The summed E-state index contributed by atoms with van der Waals surface area (Å²) >= 11 is 3.49. The van der Waals surface area contributed by atoms with Crippen LogP contribution in [-0.2, 0) is 0 Å². The highest BCUT2D eigenvalue weighted by atomic mass is 79.9. The van der Waals surface area contributed by atoms with Crippen LogP contribution >= 0.6 is 15.9 Å². The van der Waals surface area contributed by atoms with Gasteiger partial charge in [-0.3, -0.25) is 0 Å². The van der Waals surface area contributed by atoms with Gasteiger partial charge in [0, 0.05) is 22.6 Å². The Hall–Kier alpha value is -0.800. The lowest BCUT2D eigenvalue weighted by Crippen LogP contribution is -2.22. The van der Waals surface area contributed by atoms with E-state index in [-0.39, 0.29) is 0 Å². The molecule has 0 amide bonds. The van der Waals surface area contributed by atoms with Gasteiger partial charge in [0.2, 0.25) is 0 Å². The number of rotatable bonds is 7. The topological polar surface area (TPSA) is 21.3 Å². The summed E-state index contributed by atoms with van der Waals surface area (Å²) < 4.78 is 6.80. The average Bonchev–Trinajstić information content (AvgIpc) is 2.33. The van der Waals surface area contributed by atoms with Crippen molar-refractivity contribution >= 4 is 22.0 Å². The molecular formula is C15H22BrNO. The van der Waals surface area contributed by atoms with Crippen molar-refractivity contribution in [3.05, 3.63) is 34.3 Å². The first-order valence-corrected chi connectivity index (χ1v) is 7.25. The molecule has 0 bridgehead atoms. The summed E-state index contributed by atoms with van der Waals surface area (Å²) in [6.45, 7) is 8.02. The lowest BCUT2D eigenvalue weighted by Gasteiger charge is -2.09. The van der Waals surface area contributed by atoms with E-state index < -0.39 is 0 Å². The van der Waals surface area contributed by atoms with Gasteiger partial charge < -0.3 is 10.1 Å². The Bertz CT molecular complexity index is 388. The van der Waals surface area contributed by atoms with Crippen LogP contribution in [0.5, 0.6) is 5.75 Å². The van der Waals surface area contributed by atoms with Crippen LogP contribution in [0.1, 0.15) is 32.8 Å². The number of nitrogens with one attached hydrogen (secondary N) is 1. The van der Waals surface area contributed by atoms with Crippen LogP contribution in [0.25, 0.3) is 6.08 Å². The van der Waals surface area contributed by atoms with Crippen LogP contribution in [0.2, 0.25) is 0 Å². The summed E-state index contributed by atoms with van der Waals surface area (Å²) in [7, 11) is 0. The highest BCUT2D eigenvalue weighted by molar-refractivity contribution is 9.10. The molecule has 18 heavy (non-hydrogen) atoms. The van der Waals surface area contributed by atoms with Gasteiger partial charge in [0.25, 0.3) is 0 Å². The second kappa shape index (κ2) is 8.33. The van der Waals surface area contributed by atoms with Crippen molar-refractivity contribution in [3.63, 3.8) is 0 Å². The van der Waals surface area contributed by atoms with E-state index in [0.717, 1.165) is 35.4 Å². The molecule has 0 radical (unpaired) electrons. The number of hydrogen-bond acceptors (Lipinski definition) is 2. The van der Waals surface area contributed by atoms with Crippen LogP contribution in [-0.4, -0.2) is 19.2 Å². The predicted molar refractivity (Wildman–Crippen MR) is 82.1 cm³/mol. The summed E-state index contributed by atoms with van der Waals surface area (Å²) in [5.74, 6) is 0.945. The van der Waals surface area contributed by atoms with Crippen LogP contribution in [0.15, 0.2) is 28.7 Å². The van der Waals surface area contributed by atoms with Gasteiger partial charge in [-0.15, -0.1) is 0 Å². The second-order valence-electron chi connectivity index (χ2n) is 4.50. The maximum absolute atomic E-state index is 5.73. The monoisotopic (exact) mass is 311 g/mol. The van der Waals surface area contributed by atoms with Gasteiger partial charge in [-0.2, -0.15) is 0 Å².